The summed E-state index contributed by atoms with van der Waals surface area (Å²) in [4.78, 5) is 2.97. The van der Waals surface area contributed by atoms with Gasteiger partial charge in [-0.05, 0) is 23.6 Å². The average molecular weight is 247 g/mol. The van der Waals surface area contributed by atoms with Gasteiger partial charge in [-0.1, -0.05) is 24.3 Å². The third kappa shape index (κ3) is 2.13. The van der Waals surface area contributed by atoms with Crippen molar-refractivity contribution >= 4 is 12.4 Å². The minimum Gasteiger partial charge on any atom is -1.00 e. The molecule has 1 aromatic rings. The Morgan fingerprint density at radius 2 is 2.06 bits per heavy atom. The normalized spacial score (nSPS) is 20.8. The quantitative estimate of drug-likeness (QED) is 0.582. The Labute approximate surface area is 108 Å². The number of halogens is 1. The van der Waals surface area contributed by atoms with Gasteiger partial charge < -0.3 is 17.7 Å². The van der Waals surface area contributed by atoms with Gasteiger partial charge in [0.15, 0.2) is 5.70 Å². The Hall–Kier alpha value is -1.54. The first kappa shape index (κ1) is 11.9. The van der Waals surface area contributed by atoms with Crippen molar-refractivity contribution in [2.24, 2.45) is 0 Å². The van der Waals surface area contributed by atoms with Crippen LogP contribution in [-0.2, 0) is 6.42 Å². The van der Waals surface area contributed by atoms with E-state index in [1.54, 1.807) is 0 Å². The van der Waals surface area contributed by atoms with Crippen molar-refractivity contribution < 1.29 is 17.4 Å². The molecule has 0 aromatic heterocycles. The molecule has 3 rings (SSSR count). The number of allylic oxidation sites excluding steroid dienone is 3. The molecule has 3 heteroatoms. The van der Waals surface area contributed by atoms with Gasteiger partial charge in [0.25, 0.3) is 0 Å². The Kier molecular flexibility index (Phi) is 3.34. The van der Waals surface area contributed by atoms with Gasteiger partial charge in [0, 0.05) is 11.8 Å². The molecule has 2 aliphatic rings. The van der Waals surface area contributed by atoms with Crippen molar-refractivity contribution in [2.75, 3.05) is 5.32 Å². The van der Waals surface area contributed by atoms with Gasteiger partial charge in [0.05, 0.1) is 12.5 Å². The minimum atomic E-state index is 0. The van der Waals surface area contributed by atoms with Gasteiger partial charge in [0.1, 0.15) is 6.72 Å². The third-order valence-electron chi connectivity index (χ3n) is 3.34. The van der Waals surface area contributed by atoms with Gasteiger partial charge in [0.2, 0.25) is 0 Å². The highest BCUT2D eigenvalue weighted by atomic mass is 35.5. The maximum absolute atomic E-state index is 3.70. The van der Waals surface area contributed by atoms with Crippen LogP contribution in [0.15, 0.2) is 47.7 Å². The molecule has 0 radical (unpaired) electrons. The van der Waals surface area contributed by atoms with Crippen LogP contribution in [0.1, 0.15) is 12.0 Å². The number of hydrogen-bond donors (Lipinski definition) is 2. The Balaban J connectivity index is 0.00000108. The average Bonchev–Trinajstić information content (AvgIpc) is 2.95. The fraction of sp³-hybridized carbons (Fsp3) is 0.214. The molecule has 2 N–H and O–H groups in total. The highest BCUT2D eigenvalue weighted by Gasteiger charge is 2.26. The summed E-state index contributed by atoms with van der Waals surface area (Å²) >= 11 is 0. The molecule has 1 atom stereocenters. The Morgan fingerprint density at radius 3 is 2.76 bits per heavy atom. The van der Waals surface area contributed by atoms with E-state index >= 15 is 0 Å². The topological polar surface area (TPSA) is 26.0 Å². The van der Waals surface area contributed by atoms with Crippen molar-refractivity contribution in [1.82, 2.24) is 0 Å². The van der Waals surface area contributed by atoms with Crippen molar-refractivity contribution in [3.8, 4) is 0 Å². The van der Waals surface area contributed by atoms with Gasteiger partial charge in [-0.3, -0.25) is 0 Å². The highest BCUT2D eigenvalue weighted by molar-refractivity contribution is 5.59. The number of hydrogen-bond acceptors (Lipinski definition) is 1. The lowest BCUT2D eigenvalue weighted by Crippen LogP contribution is -3.00. The van der Waals surface area contributed by atoms with Gasteiger partial charge >= 0.3 is 0 Å². The molecule has 0 fully saturated rings. The molecule has 17 heavy (non-hydrogen) atoms. The summed E-state index contributed by atoms with van der Waals surface area (Å²) in [5, 5.41) is 3.57. The van der Waals surface area contributed by atoms with E-state index in [1.165, 1.54) is 22.5 Å². The van der Waals surface area contributed by atoms with Crippen LogP contribution in [0.2, 0.25) is 0 Å². The number of para-hydroxylation sites is 1. The summed E-state index contributed by atoms with van der Waals surface area (Å²) in [5.41, 5.74) is 5.35. The molecule has 88 valence electrons. The maximum atomic E-state index is 3.70. The lowest BCUT2D eigenvalue weighted by atomic mass is 10.0. The first-order valence-corrected chi connectivity index (χ1v) is 5.64. The predicted molar refractivity (Wildman–Crippen MR) is 66.4 cm³/mol. The molecule has 0 saturated carbocycles. The van der Waals surface area contributed by atoms with E-state index in [0.29, 0.717) is 6.04 Å². The zero-order valence-electron chi connectivity index (χ0n) is 9.54. The molecule has 1 aliphatic heterocycles. The second-order valence-electron chi connectivity index (χ2n) is 4.35. The molecule has 0 spiro atoms. The van der Waals surface area contributed by atoms with Crippen LogP contribution in [-0.4, -0.2) is 12.8 Å². The van der Waals surface area contributed by atoms with E-state index in [4.69, 9.17) is 0 Å². The summed E-state index contributed by atoms with van der Waals surface area (Å²) in [7, 11) is 0. The SMILES string of the molecule is C=[NH+]C1=CC=C(C2Cc3ccccc3N2)C1.[Cl-]. The van der Waals surface area contributed by atoms with Crippen LogP contribution in [0.3, 0.4) is 0 Å². The number of fused-ring (bicyclic) bond motifs is 1. The number of nitrogens with one attached hydrogen (secondary N) is 2. The van der Waals surface area contributed by atoms with Crippen molar-refractivity contribution in [3.05, 3.63) is 53.3 Å². The summed E-state index contributed by atoms with van der Waals surface area (Å²) in [6, 6.07) is 9.00. The molecule has 1 heterocycles. The van der Waals surface area contributed by atoms with Crippen LogP contribution >= 0.6 is 0 Å². The fourth-order valence-corrected chi connectivity index (χ4v) is 2.43. The molecule has 0 saturated heterocycles. The molecule has 2 nitrogen and oxygen atoms in total. The summed E-state index contributed by atoms with van der Waals surface area (Å²) < 4.78 is 0. The molecular weight excluding hydrogens is 232 g/mol. The van der Waals surface area contributed by atoms with Crippen LogP contribution < -0.4 is 22.7 Å². The lowest BCUT2D eigenvalue weighted by Gasteiger charge is -2.11. The van der Waals surface area contributed by atoms with Crippen LogP contribution in [0.4, 0.5) is 5.69 Å². The molecule has 1 aromatic carbocycles. The maximum Gasteiger partial charge on any atom is 0.183 e. The first-order chi connectivity index (χ1) is 7.86. The highest BCUT2D eigenvalue weighted by Crippen LogP contribution is 2.31. The molecule has 1 aliphatic carbocycles. The smallest absolute Gasteiger partial charge is 0.183 e. The zero-order valence-corrected chi connectivity index (χ0v) is 10.3. The monoisotopic (exact) mass is 246 g/mol. The van der Waals surface area contributed by atoms with Crippen molar-refractivity contribution in [3.63, 3.8) is 0 Å². The second kappa shape index (κ2) is 4.76. The number of rotatable bonds is 2. The Bertz CT molecular complexity index is 478. The lowest BCUT2D eigenvalue weighted by molar-refractivity contribution is -0.388. The largest absolute Gasteiger partial charge is 1.00 e. The van der Waals surface area contributed by atoms with E-state index < -0.39 is 0 Å². The van der Waals surface area contributed by atoms with Crippen molar-refractivity contribution in [2.45, 2.75) is 18.9 Å². The summed E-state index contributed by atoms with van der Waals surface area (Å²) in [5.74, 6) is 0. The molecule has 1 unspecified atom stereocenters. The van der Waals surface area contributed by atoms with Crippen LogP contribution in [0.25, 0.3) is 0 Å². The van der Waals surface area contributed by atoms with Gasteiger partial charge in [-0.15, -0.1) is 0 Å². The standard InChI is InChI=1S/C14H14N2.ClH/c1-15-12-7-6-11(8-12)14-9-10-4-2-3-5-13(10)16-14;/h2-7,14,16H,1,8-9H2;1H. The van der Waals surface area contributed by atoms with Crippen molar-refractivity contribution in [1.29, 1.82) is 0 Å². The van der Waals surface area contributed by atoms with E-state index in [-0.39, 0.29) is 12.4 Å². The summed E-state index contributed by atoms with van der Waals surface area (Å²) in [6.45, 7) is 3.70. The van der Waals surface area contributed by atoms with E-state index in [1.807, 2.05) is 0 Å². The number of benzene rings is 1. The van der Waals surface area contributed by atoms with E-state index in [0.717, 1.165) is 12.8 Å². The Morgan fingerprint density at radius 1 is 1.24 bits per heavy atom. The first-order valence-electron chi connectivity index (χ1n) is 5.64. The van der Waals surface area contributed by atoms with Crippen LogP contribution in [0.5, 0.6) is 0 Å². The van der Waals surface area contributed by atoms with Crippen LogP contribution in [0, 0.1) is 0 Å². The third-order valence-corrected chi connectivity index (χ3v) is 3.34. The summed E-state index contributed by atoms with van der Waals surface area (Å²) in [6.07, 6.45) is 6.42. The van der Waals surface area contributed by atoms with Gasteiger partial charge in [-0.25, -0.2) is 4.99 Å². The van der Waals surface area contributed by atoms with E-state index in [9.17, 15) is 0 Å². The molecule has 0 bridgehead atoms. The predicted octanol–water partition coefficient (Wildman–Crippen LogP) is -1.98. The second-order valence-corrected chi connectivity index (χ2v) is 4.35. The fourth-order valence-electron chi connectivity index (χ4n) is 2.43. The van der Waals surface area contributed by atoms with Gasteiger partial charge in [-0.2, -0.15) is 0 Å². The van der Waals surface area contributed by atoms with E-state index in [2.05, 4.69) is 53.4 Å². The molecule has 0 amide bonds. The number of anilines is 1. The zero-order chi connectivity index (χ0) is 11.0. The molecular formula is C14H15ClN2. The minimum absolute atomic E-state index is 0.